The summed E-state index contributed by atoms with van der Waals surface area (Å²) in [4.78, 5) is 0. The van der Waals surface area contributed by atoms with Crippen molar-refractivity contribution in [3.63, 3.8) is 0 Å². The van der Waals surface area contributed by atoms with E-state index in [9.17, 15) is 0 Å². The van der Waals surface area contributed by atoms with Crippen molar-refractivity contribution in [2.75, 3.05) is 13.2 Å². The minimum absolute atomic E-state index is 0.559. The fourth-order valence-corrected chi connectivity index (χ4v) is 1.39. The molecule has 1 saturated heterocycles. The van der Waals surface area contributed by atoms with Gasteiger partial charge in [0, 0.05) is 13.2 Å². The Bertz CT molecular complexity index is 129. The molecule has 0 spiro atoms. The second kappa shape index (κ2) is 4.85. The van der Waals surface area contributed by atoms with Crippen LogP contribution >= 0.6 is 0 Å². The number of hydrogen-bond donors (Lipinski definition) is 1. The lowest BCUT2D eigenvalue weighted by Gasteiger charge is -2.24. The van der Waals surface area contributed by atoms with Crippen LogP contribution in [0.2, 0.25) is 0 Å². The second-order valence-corrected chi connectivity index (χ2v) is 3.66. The summed E-state index contributed by atoms with van der Waals surface area (Å²) in [5, 5.41) is 9.07. The Morgan fingerprint density at radius 3 is 2.83 bits per heavy atom. The Kier molecular flexibility index (Phi) is 4.05. The largest absolute Gasteiger partial charge is 0.636 e. The topological polar surface area (TPSA) is 38.7 Å². The molecule has 1 heterocycles. The average molecular weight is 172 g/mol. The van der Waals surface area contributed by atoms with Gasteiger partial charge >= 0.3 is 7.32 Å². The van der Waals surface area contributed by atoms with Gasteiger partial charge in [-0.1, -0.05) is 13.8 Å². The van der Waals surface area contributed by atoms with E-state index in [1.54, 1.807) is 0 Å². The van der Waals surface area contributed by atoms with Crippen LogP contribution in [0.4, 0.5) is 0 Å². The van der Waals surface area contributed by atoms with E-state index in [0.29, 0.717) is 25.0 Å². The lowest BCUT2D eigenvalue weighted by Crippen LogP contribution is -2.30. The highest BCUT2D eigenvalue weighted by atomic mass is 16.7. The fraction of sp³-hybridized carbons (Fsp3) is 1.00. The predicted octanol–water partition coefficient (Wildman–Crippen LogP) is 1.06. The molecule has 1 atom stereocenters. The summed E-state index contributed by atoms with van der Waals surface area (Å²) in [6, 6.07) is 0. The van der Waals surface area contributed by atoms with Crippen molar-refractivity contribution >= 4 is 7.32 Å². The molecule has 4 heteroatoms. The Hall–Kier alpha value is -0.0551. The van der Waals surface area contributed by atoms with Crippen LogP contribution in [0, 0.1) is 11.8 Å². The van der Waals surface area contributed by atoms with E-state index in [1.165, 1.54) is 0 Å². The van der Waals surface area contributed by atoms with Gasteiger partial charge < -0.3 is 14.3 Å². The SMILES string of the molecule is CC(C)C1CCCOB(O)OC1. The smallest absolute Gasteiger partial charge is 0.402 e. The van der Waals surface area contributed by atoms with Crippen LogP contribution in [0.1, 0.15) is 26.7 Å². The van der Waals surface area contributed by atoms with Gasteiger partial charge in [0.05, 0.1) is 0 Å². The molecule has 0 aromatic heterocycles. The van der Waals surface area contributed by atoms with Crippen molar-refractivity contribution in [1.82, 2.24) is 0 Å². The molecule has 0 bridgehead atoms. The molecule has 0 saturated carbocycles. The fourth-order valence-electron chi connectivity index (χ4n) is 1.39. The van der Waals surface area contributed by atoms with Crippen LogP contribution in [0.15, 0.2) is 0 Å². The minimum atomic E-state index is -1.01. The maximum Gasteiger partial charge on any atom is 0.636 e. The summed E-state index contributed by atoms with van der Waals surface area (Å²) in [5.74, 6) is 1.18. The molecule has 1 N–H and O–H groups in total. The number of rotatable bonds is 1. The van der Waals surface area contributed by atoms with Crippen molar-refractivity contribution in [2.45, 2.75) is 26.7 Å². The van der Waals surface area contributed by atoms with Crippen LogP contribution in [-0.2, 0) is 9.31 Å². The van der Waals surface area contributed by atoms with Gasteiger partial charge in [0.1, 0.15) is 0 Å². The Morgan fingerprint density at radius 2 is 2.17 bits per heavy atom. The van der Waals surface area contributed by atoms with Crippen molar-refractivity contribution in [1.29, 1.82) is 0 Å². The van der Waals surface area contributed by atoms with Crippen LogP contribution in [0.25, 0.3) is 0 Å². The zero-order valence-electron chi connectivity index (χ0n) is 7.82. The Balaban J connectivity index is 2.34. The molecular weight excluding hydrogens is 155 g/mol. The zero-order valence-corrected chi connectivity index (χ0v) is 7.82. The Morgan fingerprint density at radius 1 is 1.42 bits per heavy atom. The van der Waals surface area contributed by atoms with Gasteiger partial charge in [-0.05, 0) is 24.7 Å². The molecule has 0 amide bonds. The van der Waals surface area contributed by atoms with E-state index in [-0.39, 0.29) is 0 Å². The molecule has 0 aromatic rings. The molecular formula is C8H17BO3. The molecule has 0 radical (unpaired) electrons. The van der Waals surface area contributed by atoms with Gasteiger partial charge in [0.2, 0.25) is 0 Å². The van der Waals surface area contributed by atoms with Gasteiger partial charge in [-0.2, -0.15) is 0 Å². The van der Waals surface area contributed by atoms with E-state index in [4.69, 9.17) is 14.3 Å². The zero-order chi connectivity index (χ0) is 8.97. The third kappa shape index (κ3) is 3.13. The molecule has 1 aliphatic heterocycles. The molecule has 1 rings (SSSR count). The summed E-state index contributed by atoms with van der Waals surface area (Å²) in [5.41, 5.74) is 0. The summed E-state index contributed by atoms with van der Waals surface area (Å²) in [6.45, 7) is 5.58. The van der Waals surface area contributed by atoms with Gasteiger partial charge in [0.15, 0.2) is 0 Å². The summed E-state index contributed by atoms with van der Waals surface area (Å²) < 4.78 is 10.0. The highest BCUT2D eigenvalue weighted by Crippen LogP contribution is 2.19. The van der Waals surface area contributed by atoms with Gasteiger partial charge in [-0.15, -0.1) is 0 Å². The second-order valence-electron chi connectivity index (χ2n) is 3.66. The molecule has 0 aliphatic carbocycles. The molecule has 1 unspecified atom stereocenters. The minimum Gasteiger partial charge on any atom is -0.402 e. The van der Waals surface area contributed by atoms with Gasteiger partial charge in [-0.3, -0.25) is 0 Å². The predicted molar refractivity (Wildman–Crippen MR) is 47.4 cm³/mol. The molecule has 12 heavy (non-hydrogen) atoms. The first-order chi connectivity index (χ1) is 5.70. The first-order valence-electron chi connectivity index (χ1n) is 4.61. The van der Waals surface area contributed by atoms with Crippen LogP contribution in [0.3, 0.4) is 0 Å². The van der Waals surface area contributed by atoms with E-state index >= 15 is 0 Å². The van der Waals surface area contributed by atoms with E-state index < -0.39 is 7.32 Å². The summed E-state index contributed by atoms with van der Waals surface area (Å²) in [7, 11) is -1.01. The summed E-state index contributed by atoms with van der Waals surface area (Å²) >= 11 is 0. The lowest BCUT2D eigenvalue weighted by atomic mass is 9.91. The standard InChI is InChI=1S/C8H17BO3/c1-7(2)8-4-3-5-11-9(10)12-6-8/h7-8,10H,3-6H2,1-2H3. The lowest BCUT2D eigenvalue weighted by molar-refractivity contribution is 0.0752. The molecule has 70 valence electrons. The maximum absolute atomic E-state index is 9.07. The number of hydrogen-bond acceptors (Lipinski definition) is 3. The maximum atomic E-state index is 9.07. The first kappa shape index (κ1) is 10.0. The monoisotopic (exact) mass is 172 g/mol. The van der Waals surface area contributed by atoms with Gasteiger partial charge in [0.25, 0.3) is 0 Å². The third-order valence-corrected chi connectivity index (χ3v) is 2.38. The van der Waals surface area contributed by atoms with Crippen molar-refractivity contribution < 1.29 is 14.3 Å². The molecule has 3 nitrogen and oxygen atoms in total. The van der Waals surface area contributed by atoms with Crippen LogP contribution < -0.4 is 0 Å². The molecule has 1 fully saturated rings. The van der Waals surface area contributed by atoms with E-state index in [2.05, 4.69) is 13.8 Å². The third-order valence-electron chi connectivity index (χ3n) is 2.38. The molecule has 1 aliphatic rings. The highest BCUT2D eigenvalue weighted by Gasteiger charge is 2.23. The van der Waals surface area contributed by atoms with Crippen molar-refractivity contribution in [2.24, 2.45) is 11.8 Å². The van der Waals surface area contributed by atoms with Crippen LogP contribution in [0.5, 0.6) is 0 Å². The normalized spacial score (nSPS) is 27.0. The average Bonchev–Trinajstić information content (AvgIpc) is 1.97. The van der Waals surface area contributed by atoms with Gasteiger partial charge in [-0.25, -0.2) is 0 Å². The van der Waals surface area contributed by atoms with Crippen molar-refractivity contribution in [3.05, 3.63) is 0 Å². The molecule has 0 aromatic carbocycles. The summed E-state index contributed by atoms with van der Waals surface area (Å²) in [6.07, 6.45) is 2.15. The van der Waals surface area contributed by atoms with Crippen molar-refractivity contribution in [3.8, 4) is 0 Å². The van der Waals surface area contributed by atoms with Crippen LogP contribution in [-0.4, -0.2) is 25.6 Å². The Labute approximate surface area is 74.2 Å². The first-order valence-corrected chi connectivity index (χ1v) is 4.61. The quantitative estimate of drug-likeness (QED) is 0.601. The van der Waals surface area contributed by atoms with E-state index in [0.717, 1.165) is 12.8 Å². The highest BCUT2D eigenvalue weighted by molar-refractivity contribution is 6.34. The van der Waals surface area contributed by atoms with E-state index in [1.807, 2.05) is 0 Å².